The lowest BCUT2D eigenvalue weighted by atomic mass is 10.1. The van der Waals surface area contributed by atoms with Crippen LogP contribution in [0, 0.1) is 5.82 Å². The molecule has 1 aromatic carbocycles. The molecule has 0 bridgehead atoms. The molecule has 0 radical (unpaired) electrons. The molecule has 1 atom stereocenters. The number of hydrogen-bond donors (Lipinski definition) is 1. The highest BCUT2D eigenvalue weighted by molar-refractivity contribution is 5.25. The Bertz CT molecular complexity index is 468. The summed E-state index contributed by atoms with van der Waals surface area (Å²) in [6.07, 6.45) is -0.877. The molecular weight excluding hydrogens is 271 g/mol. The summed E-state index contributed by atoms with van der Waals surface area (Å²) in [5, 5.41) is 9.44. The van der Waals surface area contributed by atoms with E-state index in [-0.39, 0.29) is 19.5 Å². The molecule has 0 aromatic heterocycles. The fourth-order valence-corrected chi connectivity index (χ4v) is 2.40. The Hall–Kier alpha value is -1.11. The van der Waals surface area contributed by atoms with Gasteiger partial charge in [0.15, 0.2) is 6.29 Å². The number of halogens is 3. The van der Waals surface area contributed by atoms with Crippen LogP contribution in [0.3, 0.4) is 0 Å². The van der Waals surface area contributed by atoms with Gasteiger partial charge in [0.05, 0.1) is 6.54 Å². The van der Waals surface area contributed by atoms with Crippen molar-refractivity contribution in [2.24, 2.45) is 0 Å². The number of methoxy groups -OCH3 is 1. The minimum atomic E-state index is -2.69. The van der Waals surface area contributed by atoms with Crippen LogP contribution in [0.1, 0.15) is 30.3 Å². The maximum absolute atomic E-state index is 13.9. The van der Waals surface area contributed by atoms with Crippen molar-refractivity contribution in [1.82, 2.24) is 4.90 Å². The van der Waals surface area contributed by atoms with E-state index in [4.69, 9.17) is 0 Å². The largest absolute Gasteiger partial charge is 0.364 e. The highest BCUT2D eigenvalue weighted by Gasteiger charge is 2.35. The van der Waals surface area contributed by atoms with Gasteiger partial charge in [0.1, 0.15) is 5.82 Å². The molecule has 1 aliphatic rings. The van der Waals surface area contributed by atoms with Crippen molar-refractivity contribution in [2.75, 3.05) is 20.2 Å². The van der Waals surface area contributed by atoms with Crippen LogP contribution in [0.4, 0.5) is 13.2 Å². The Morgan fingerprint density at radius 2 is 2.20 bits per heavy atom. The molecule has 0 saturated carbocycles. The average molecular weight is 289 g/mol. The smallest absolute Gasteiger partial charge is 0.260 e. The molecule has 1 unspecified atom stereocenters. The van der Waals surface area contributed by atoms with Gasteiger partial charge in [-0.1, -0.05) is 12.1 Å². The summed E-state index contributed by atoms with van der Waals surface area (Å²) < 4.78 is 45.2. The van der Waals surface area contributed by atoms with Gasteiger partial charge in [0, 0.05) is 31.2 Å². The van der Waals surface area contributed by atoms with Crippen molar-refractivity contribution in [3.8, 4) is 0 Å². The van der Waals surface area contributed by atoms with Crippen LogP contribution in [0.15, 0.2) is 18.2 Å². The summed E-state index contributed by atoms with van der Waals surface area (Å²) >= 11 is 0. The van der Waals surface area contributed by atoms with E-state index < -0.39 is 18.0 Å². The highest BCUT2D eigenvalue weighted by Crippen LogP contribution is 2.28. The third kappa shape index (κ3) is 3.71. The van der Waals surface area contributed by atoms with Crippen LogP contribution in [0.5, 0.6) is 0 Å². The Balaban J connectivity index is 2.06. The van der Waals surface area contributed by atoms with Gasteiger partial charge in [0.2, 0.25) is 0 Å². The lowest BCUT2D eigenvalue weighted by Gasteiger charge is -2.32. The van der Waals surface area contributed by atoms with E-state index in [9.17, 15) is 18.3 Å². The zero-order chi connectivity index (χ0) is 14.8. The molecule has 0 aliphatic carbocycles. The van der Waals surface area contributed by atoms with Crippen LogP contribution in [-0.4, -0.2) is 36.1 Å². The predicted octanol–water partition coefficient (Wildman–Crippen LogP) is 2.69. The number of aliphatic hydroxyl groups is 1. The molecule has 112 valence electrons. The minimum absolute atomic E-state index is 0.106. The van der Waals surface area contributed by atoms with Crippen LogP contribution in [0.25, 0.3) is 0 Å². The van der Waals surface area contributed by atoms with Crippen molar-refractivity contribution in [2.45, 2.75) is 31.6 Å². The Morgan fingerprint density at radius 1 is 1.45 bits per heavy atom. The quantitative estimate of drug-likeness (QED) is 0.865. The highest BCUT2D eigenvalue weighted by atomic mass is 19.3. The van der Waals surface area contributed by atoms with Gasteiger partial charge < -0.3 is 9.84 Å². The summed E-state index contributed by atoms with van der Waals surface area (Å²) in [6, 6.07) is 4.21. The lowest BCUT2D eigenvalue weighted by molar-refractivity contribution is -0.0771. The summed E-state index contributed by atoms with van der Waals surface area (Å²) in [6.45, 7) is 0.344. The normalized spacial score (nSPS) is 20.9. The van der Waals surface area contributed by atoms with Gasteiger partial charge in [-0.15, -0.1) is 0 Å². The van der Waals surface area contributed by atoms with Crippen molar-refractivity contribution in [3.63, 3.8) is 0 Å². The number of nitrogens with zero attached hydrogens (tertiary/aromatic N) is 1. The van der Waals surface area contributed by atoms with E-state index in [1.807, 2.05) is 0 Å². The third-order valence-corrected chi connectivity index (χ3v) is 3.45. The number of rotatable bonds is 4. The van der Waals surface area contributed by atoms with Gasteiger partial charge in [-0.05, 0) is 19.0 Å². The lowest BCUT2D eigenvalue weighted by Crippen LogP contribution is -2.42. The van der Waals surface area contributed by atoms with E-state index >= 15 is 0 Å². The molecule has 1 saturated heterocycles. The molecule has 2 rings (SSSR count). The number of piperidine rings is 1. The summed E-state index contributed by atoms with van der Waals surface area (Å²) in [7, 11) is 1.31. The number of ether oxygens (including phenoxy) is 1. The van der Waals surface area contributed by atoms with Crippen LogP contribution in [-0.2, 0) is 11.3 Å². The van der Waals surface area contributed by atoms with Crippen LogP contribution >= 0.6 is 0 Å². The van der Waals surface area contributed by atoms with E-state index in [2.05, 4.69) is 4.74 Å². The van der Waals surface area contributed by atoms with Crippen molar-refractivity contribution in [3.05, 3.63) is 35.1 Å². The number of benzene rings is 1. The average Bonchev–Trinajstić information content (AvgIpc) is 2.39. The first-order valence-corrected chi connectivity index (χ1v) is 6.51. The first-order valence-electron chi connectivity index (χ1n) is 6.51. The van der Waals surface area contributed by atoms with Crippen molar-refractivity contribution in [1.29, 1.82) is 0 Å². The van der Waals surface area contributed by atoms with E-state index in [1.165, 1.54) is 25.3 Å². The number of hydrogen-bond acceptors (Lipinski definition) is 3. The molecule has 6 heteroatoms. The topological polar surface area (TPSA) is 32.7 Å². The number of alkyl halides is 2. The monoisotopic (exact) mass is 289 g/mol. The third-order valence-electron chi connectivity index (χ3n) is 3.45. The molecule has 0 spiro atoms. The summed E-state index contributed by atoms with van der Waals surface area (Å²) in [5.74, 6) is -3.21. The maximum Gasteiger partial charge on any atom is 0.260 e. The van der Waals surface area contributed by atoms with E-state index in [0.29, 0.717) is 24.1 Å². The summed E-state index contributed by atoms with van der Waals surface area (Å²) in [5.41, 5.74) is 0.646. The molecule has 0 amide bonds. The number of likely N-dealkylation sites (tertiary alicyclic amines) is 1. The Kier molecular flexibility index (Phi) is 4.67. The van der Waals surface area contributed by atoms with E-state index in [1.54, 1.807) is 4.90 Å². The van der Waals surface area contributed by atoms with Gasteiger partial charge in [-0.3, -0.25) is 4.90 Å². The zero-order valence-electron chi connectivity index (χ0n) is 11.3. The van der Waals surface area contributed by atoms with Crippen LogP contribution in [0.2, 0.25) is 0 Å². The van der Waals surface area contributed by atoms with E-state index in [0.717, 1.165) is 0 Å². The van der Waals surface area contributed by atoms with Crippen LogP contribution < -0.4 is 0 Å². The first kappa shape index (κ1) is 15.3. The zero-order valence-corrected chi connectivity index (χ0v) is 11.3. The maximum atomic E-state index is 13.9. The van der Waals surface area contributed by atoms with Gasteiger partial charge in [-0.25, -0.2) is 13.2 Å². The second kappa shape index (κ2) is 6.11. The molecule has 1 aromatic rings. The Labute approximate surface area is 116 Å². The molecule has 1 fully saturated rings. The molecule has 20 heavy (non-hydrogen) atoms. The second-order valence-electron chi connectivity index (χ2n) is 5.11. The molecule has 1 N–H and O–H groups in total. The first-order chi connectivity index (χ1) is 9.41. The molecule has 1 heterocycles. The van der Waals surface area contributed by atoms with Gasteiger partial charge >= 0.3 is 0 Å². The van der Waals surface area contributed by atoms with Crippen molar-refractivity contribution >= 4 is 0 Å². The van der Waals surface area contributed by atoms with Gasteiger partial charge in [0.25, 0.3) is 5.92 Å². The molecule has 1 aliphatic heterocycles. The minimum Gasteiger partial charge on any atom is -0.364 e. The summed E-state index contributed by atoms with van der Waals surface area (Å²) in [4.78, 5) is 1.55. The molecule has 3 nitrogen and oxygen atoms in total. The predicted molar refractivity (Wildman–Crippen MR) is 67.8 cm³/mol. The SMILES string of the molecule is COC(O)c1ccc(CN2CCCC(F)(F)C2)c(F)c1. The van der Waals surface area contributed by atoms with Gasteiger partial charge in [-0.2, -0.15) is 0 Å². The Morgan fingerprint density at radius 3 is 2.80 bits per heavy atom. The van der Waals surface area contributed by atoms with Crippen molar-refractivity contribution < 1.29 is 23.0 Å². The second-order valence-corrected chi connectivity index (χ2v) is 5.11. The number of aliphatic hydroxyl groups excluding tert-OH is 1. The standard InChI is InChI=1S/C14H18F3NO2/c1-20-13(19)10-3-4-11(12(15)7-10)8-18-6-2-5-14(16,17)9-18/h3-4,7,13,19H,2,5-6,8-9H2,1H3. The fraction of sp³-hybridized carbons (Fsp3) is 0.571. The fourth-order valence-electron chi connectivity index (χ4n) is 2.40. The molecular formula is C14H18F3NO2.